The second-order valence-corrected chi connectivity index (χ2v) is 9.32. The monoisotopic (exact) mass is 296 g/mol. The lowest BCUT2D eigenvalue weighted by Crippen LogP contribution is -2.37. The van der Waals surface area contributed by atoms with E-state index in [2.05, 4.69) is 10.0 Å². The maximum atomic E-state index is 11.9. The minimum atomic E-state index is -3.48. The van der Waals surface area contributed by atoms with Crippen LogP contribution >= 0.6 is 0 Å². The first kappa shape index (κ1) is 14.2. The molecule has 2 saturated heterocycles. The summed E-state index contributed by atoms with van der Waals surface area (Å²) < 4.78 is 48.9. The molecule has 0 aliphatic carbocycles. The normalized spacial score (nSPS) is 31.8. The third kappa shape index (κ3) is 3.66. The zero-order chi connectivity index (χ0) is 13.2. The molecule has 2 fully saturated rings. The molecule has 6 nitrogen and oxygen atoms in total. The predicted octanol–water partition coefficient (Wildman–Crippen LogP) is -0.765. The number of nitrogens with one attached hydrogen (secondary N) is 2. The highest BCUT2D eigenvalue weighted by molar-refractivity contribution is 7.95. The van der Waals surface area contributed by atoms with Crippen molar-refractivity contribution in [2.45, 2.75) is 37.0 Å². The van der Waals surface area contributed by atoms with Crippen molar-refractivity contribution in [2.75, 3.05) is 24.6 Å². The molecule has 0 radical (unpaired) electrons. The number of hydrogen-bond acceptors (Lipinski definition) is 5. The van der Waals surface area contributed by atoms with Crippen molar-refractivity contribution in [2.24, 2.45) is 0 Å². The van der Waals surface area contributed by atoms with Gasteiger partial charge < -0.3 is 5.32 Å². The molecular weight excluding hydrogens is 276 g/mol. The Bertz CT molecular complexity index is 480. The van der Waals surface area contributed by atoms with Gasteiger partial charge in [-0.2, -0.15) is 0 Å². The molecule has 0 aromatic rings. The topological polar surface area (TPSA) is 92.3 Å². The van der Waals surface area contributed by atoms with Crippen LogP contribution in [-0.2, 0) is 19.9 Å². The molecule has 0 saturated carbocycles. The molecule has 2 heterocycles. The third-order valence-corrected chi connectivity index (χ3v) is 7.45. The summed E-state index contributed by atoms with van der Waals surface area (Å²) in [6.45, 7) is 1.38. The van der Waals surface area contributed by atoms with Crippen LogP contribution in [0, 0.1) is 0 Å². The molecule has 106 valence electrons. The van der Waals surface area contributed by atoms with Gasteiger partial charge in [-0.05, 0) is 32.2 Å². The predicted molar refractivity (Wildman–Crippen MR) is 69.6 cm³/mol. The molecule has 0 spiro atoms. The Balaban J connectivity index is 1.80. The Morgan fingerprint density at radius 2 is 2.06 bits per heavy atom. The van der Waals surface area contributed by atoms with Gasteiger partial charge in [-0.15, -0.1) is 0 Å². The van der Waals surface area contributed by atoms with Crippen molar-refractivity contribution in [3.05, 3.63) is 0 Å². The van der Waals surface area contributed by atoms with Gasteiger partial charge in [0.25, 0.3) is 0 Å². The van der Waals surface area contributed by atoms with Gasteiger partial charge in [-0.25, -0.2) is 21.6 Å². The second kappa shape index (κ2) is 5.44. The summed E-state index contributed by atoms with van der Waals surface area (Å²) in [4.78, 5) is 0. The lowest BCUT2D eigenvalue weighted by molar-refractivity contribution is 0.534. The molecule has 2 aliphatic heterocycles. The quantitative estimate of drug-likeness (QED) is 0.695. The Morgan fingerprint density at radius 1 is 1.28 bits per heavy atom. The average Bonchev–Trinajstić information content (AvgIpc) is 2.87. The molecule has 1 unspecified atom stereocenters. The summed E-state index contributed by atoms with van der Waals surface area (Å²) in [6, 6.07) is 0.389. The summed E-state index contributed by atoms with van der Waals surface area (Å²) in [5.41, 5.74) is 0. The Hall–Kier alpha value is -0.180. The first-order valence-electron chi connectivity index (χ1n) is 6.31. The van der Waals surface area contributed by atoms with Gasteiger partial charge in [0.1, 0.15) is 0 Å². The Morgan fingerprint density at radius 3 is 2.61 bits per heavy atom. The first-order valence-corrected chi connectivity index (χ1v) is 9.68. The molecule has 2 rings (SSSR count). The number of sulfonamides is 1. The van der Waals surface area contributed by atoms with E-state index in [1.165, 1.54) is 0 Å². The summed E-state index contributed by atoms with van der Waals surface area (Å²) in [6.07, 6.45) is 3.20. The third-order valence-electron chi connectivity index (χ3n) is 3.59. The van der Waals surface area contributed by atoms with Gasteiger partial charge in [0.05, 0.1) is 16.8 Å². The largest absolute Gasteiger partial charge is 0.314 e. The molecular formula is C10H20N2O4S2. The zero-order valence-electron chi connectivity index (χ0n) is 10.3. The molecule has 18 heavy (non-hydrogen) atoms. The van der Waals surface area contributed by atoms with Crippen molar-refractivity contribution in [1.29, 1.82) is 0 Å². The van der Waals surface area contributed by atoms with Crippen molar-refractivity contribution >= 4 is 19.9 Å². The second-order valence-electron chi connectivity index (χ2n) is 5.05. The smallest absolute Gasteiger partial charge is 0.215 e. The van der Waals surface area contributed by atoms with Crippen LogP contribution < -0.4 is 10.0 Å². The van der Waals surface area contributed by atoms with Gasteiger partial charge in [0, 0.05) is 12.6 Å². The van der Waals surface area contributed by atoms with Crippen molar-refractivity contribution < 1.29 is 16.8 Å². The summed E-state index contributed by atoms with van der Waals surface area (Å²) in [7, 11) is -6.63. The molecule has 0 bridgehead atoms. The number of sulfone groups is 1. The standard InChI is InChI=1S/C10H20N2O4S2/c13-17(14)7-4-10(8-17)18(15,16)12-6-3-9-2-1-5-11-9/h9-12H,1-8H2/t9-,10?/m1/s1. The van der Waals surface area contributed by atoms with E-state index >= 15 is 0 Å². The minimum Gasteiger partial charge on any atom is -0.314 e. The summed E-state index contributed by atoms with van der Waals surface area (Å²) >= 11 is 0. The van der Waals surface area contributed by atoms with Crippen LogP contribution in [0.25, 0.3) is 0 Å². The Labute approximate surface area is 108 Å². The van der Waals surface area contributed by atoms with Crippen LogP contribution in [0.4, 0.5) is 0 Å². The summed E-state index contributed by atoms with van der Waals surface area (Å²) in [5, 5.41) is 2.53. The zero-order valence-corrected chi connectivity index (χ0v) is 11.9. The van der Waals surface area contributed by atoms with Crippen molar-refractivity contribution in [3.63, 3.8) is 0 Å². The molecule has 2 atom stereocenters. The van der Waals surface area contributed by atoms with E-state index in [0.29, 0.717) is 12.6 Å². The van der Waals surface area contributed by atoms with E-state index in [0.717, 1.165) is 25.8 Å². The van der Waals surface area contributed by atoms with Crippen LogP contribution in [0.15, 0.2) is 0 Å². The maximum Gasteiger partial charge on any atom is 0.215 e. The highest BCUT2D eigenvalue weighted by atomic mass is 32.2. The van der Waals surface area contributed by atoms with Crippen molar-refractivity contribution in [3.8, 4) is 0 Å². The highest BCUT2D eigenvalue weighted by Gasteiger charge is 2.36. The maximum absolute atomic E-state index is 11.9. The van der Waals surface area contributed by atoms with Gasteiger partial charge in [0.15, 0.2) is 9.84 Å². The molecule has 2 N–H and O–H groups in total. The molecule has 2 aliphatic rings. The van der Waals surface area contributed by atoms with Crippen LogP contribution in [0.5, 0.6) is 0 Å². The lowest BCUT2D eigenvalue weighted by Gasteiger charge is -2.13. The minimum absolute atomic E-state index is 0.0112. The van der Waals surface area contributed by atoms with Gasteiger partial charge in [-0.3, -0.25) is 0 Å². The van der Waals surface area contributed by atoms with Gasteiger partial charge >= 0.3 is 0 Å². The fraction of sp³-hybridized carbons (Fsp3) is 1.00. The van der Waals surface area contributed by atoms with Gasteiger partial charge in [-0.1, -0.05) is 0 Å². The van der Waals surface area contributed by atoms with E-state index < -0.39 is 25.1 Å². The van der Waals surface area contributed by atoms with E-state index in [4.69, 9.17) is 0 Å². The van der Waals surface area contributed by atoms with Crippen LogP contribution in [-0.4, -0.2) is 52.7 Å². The van der Waals surface area contributed by atoms with Crippen LogP contribution in [0.3, 0.4) is 0 Å². The molecule has 8 heteroatoms. The van der Waals surface area contributed by atoms with Crippen LogP contribution in [0.1, 0.15) is 25.7 Å². The lowest BCUT2D eigenvalue weighted by atomic mass is 10.2. The first-order chi connectivity index (χ1) is 8.39. The fourth-order valence-electron chi connectivity index (χ4n) is 2.50. The highest BCUT2D eigenvalue weighted by Crippen LogP contribution is 2.18. The van der Waals surface area contributed by atoms with Crippen LogP contribution in [0.2, 0.25) is 0 Å². The fourth-order valence-corrected chi connectivity index (χ4v) is 6.60. The Kier molecular flexibility index (Phi) is 4.30. The number of rotatable bonds is 5. The van der Waals surface area contributed by atoms with Crippen molar-refractivity contribution in [1.82, 2.24) is 10.0 Å². The van der Waals surface area contributed by atoms with E-state index in [-0.39, 0.29) is 17.9 Å². The van der Waals surface area contributed by atoms with E-state index in [1.807, 2.05) is 0 Å². The SMILES string of the molecule is O=S1(=O)CCC(S(=O)(=O)NCC[C@H]2CCCN2)C1. The number of hydrogen-bond donors (Lipinski definition) is 2. The van der Waals surface area contributed by atoms with E-state index in [9.17, 15) is 16.8 Å². The molecule has 0 amide bonds. The van der Waals surface area contributed by atoms with E-state index in [1.54, 1.807) is 0 Å². The van der Waals surface area contributed by atoms with Gasteiger partial charge in [0.2, 0.25) is 10.0 Å². The average molecular weight is 296 g/mol. The molecule has 0 aromatic carbocycles. The summed E-state index contributed by atoms with van der Waals surface area (Å²) in [5.74, 6) is -0.243. The molecule has 0 aromatic heterocycles.